The smallest absolute Gasteiger partial charge is 0.141 e. The van der Waals surface area contributed by atoms with Crippen LogP contribution in [0.3, 0.4) is 0 Å². The van der Waals surface area contributed by atoms with Crippen molar-refractivity contribution in [2.75, 3.05) is 36.0 Å². The van der Waals surface area contributed by atoms with Crippen LogP contribution in [-0.4, -0.2) is 36.1 Å². The molecule has 1 atom stereocenters. The van der Waals surface area contributed by atoms with Crippen LogP contribution in [0, 0.1) is 12.8 Å². The third kappa shape index (κ3) is 3.15. The van der Waals surface area contributed by atoms with E-state index in [-0.39, 0.29) is 0 Å². The third-order valence-corrected chi connectivity index (χ3v) is 7.49. The molecule has 0 radical (unpaired) electrons. The quantitative estimate of drug-likeness (QED) is 0.585. The van der Waals surface area contributed by atoms with Crippen LogP contribution in [0.15, 0.2) is 24.3 Å². The molecule has 1 aliphatic carbocycles. The highest BCUT2D eigenvalue weighted by molar-refractivity contribution is 7.19. The van der Waals surface area contributed by atoms with Gasteiger partial charge in [0.25, 0.3) is 0 Å². The Morgan fingerprint density at radius 2 is 1.82 bits per heavy atom. The molecule has 4 nitrogen and oxygen atoms in total. The average Bonchev–Trinajstić information content (AvgIpc) is 3.05. The average molecular weight is 413 g/mol. The lowest BCUT2D eigenvalue weighted by Gasteiger charge is -2.37. The lowest BCUT2D eigenvalue weighted by molar-refractivity contribution is 0.509. The van der Waals surface area contributed by atoms with Gasteiger partial charge < -0.3 is 9.80 Å². The standard InChI is InChI=1S/C22H25ClN4S/c1-14-7-8-16-19(13-14)28-22-20(16)21(24-15(2)25-22)27-11-9-26(10-12-27)18-6-4-3-5-17(18)23/h3-6,14H,7-13H2,1-2H3. The van der Waals surface area contributed by atoms with Crippen LogP contribution >= 0.6 is 22.9 Å². The molecule has 1 aromatic carbocycles. The van der Waals surface area contributed by atoms with Gasteiger partial charge in [-0.25, -0.2) is 9.97 Å². The number of fused-ring (bicyclic) bond motifs is 3. The van der Waals surface area contributed by atoms with Crippen LogP contribution in [0.2, 0.25) is 5.02 Å². The molecular weight excluding hydrogens is 388 g/mol. The summed E-state index contributed by atoms with van der Waals surface area (Å²) < 4.78 is 0. The number of anilines is 2. The van der Waals surface area contributed by atoms with E-state index in [1.54, 1.807) is 0 Å². The van der Waals surface area contributed by atoms with E-state index >= 15 is 0 Å². The van der Waals surface area contributed by atoms with Crippen LogP contribution in [0.5, 0.6) is 0 Å². The molecule has 0 bridgehead atoms. The number of hydrogen-bond acceptors (Lipinski definition) is 5. The number of nitrogens with zero attached hydrogens (tertiary/aromatic N) is 4. The van der Waals surface area contributed by atoms with Crippen LogP contribution in [0.4, 0.5) is 11.5 Å². The summed E-state index contributed by atoms with van der Waals surface area (Å²) in [4.78, 5) is 17.3. The van der Waals surface area contributed by atoms with E-state index in [0.717, 1.165) is 60.9 Å². The predicted octanol–water partition coefficient (Wildman–Crippen LogP) is 5.10. The lowest BCUT2D eigenvalue weighted by atomic mass is 9.89. The Bertz CT molecular complexity index is 1020. The van der Waals surface area contributed by atoms with Gasteiger partial charge in [-0.05, 0) is 49.8 Å². The molecule has 0 spiro atoms. The van der Waals surface area contributed by atoms with Crippen molar-refractivity contribution < 1.29 is 0 Å². The first kappa shape index (κ1) is 18.2. The molecule has 146 valence electrons. The number of halogens is 1. The van der Waals surface area contributed by atoms with Crippen molar-refractivity contribution >= 4 is 44.7 Å². The second-order valence-corrected chi connectivity index (χ2v) is 9.54. The van der Waals surface area contributed by atoms with Gasteiger partial charge in [0.15, 0.2) is 0 Å². The van der Waals surface area contributed by atoms with Crippen molar-refractivity contribution in [1.29, 1.82) is 0 Å². The second kappa shape index (κ2) is 7.20. The minimum Gasteiger partial charge on any atom is -0.367 e. The van der Waals surface area contributed by atoms with Crippen molar-refractivity contribution in [3.05, 3.63) is 45.6 Å². The topological polar surface area (TPSA) is 32.3 Å². The number of piperazine rings is 1. The molecule has 1 saturated heterocycles. The van der Waals surface area contributed by atoms with Gasteiger partial charge in [0.05, 0.1) is 16.1 Å². The molecule has 5 rings (SSSR count). The third-order valence-electron chi connectivity index (χ3n) is 6.02. The van der Waals surface area contributed by atoms with Crippen molar-refractivity contribution in [3.63, 3.8) is 0 Å². The van der Waals surface area contributed by atoms with Crippen LogP contribution in [-0.2, 0) is 12.8 Å². The molecule has 2 aliphatic rings. The van der Waals surface area contributed by atoms with Gasteiger partial charge in [0.1, 0.15) is 16.5 Å². The summed E-state index contributed by atoms with van der Waals surface area (Å²) in [6.07, 6.45) is 3.62. The Morgan fingerprint density at radius 3 is 2.61 bits per heavy atom. The molecule has 1 aliphatic heterocycles. The second-order valence-electron chi connectivity index (χ2n) is 8.05. The van der Waals surface area contributed by atoms with Crippen molar-refractivity contribution in [1.82, 2.24) is 9.97 Å². The van der Waals surface area contributed by atoms with E-state index in [0.29, 0.717) is 0 Å². The first-order valence-corrected chi connectivity index (χ1v) is 11.3. The first-order chi connectivity index (χ1) is 13.6. The van der Waals surface area contributed by atoms with Crippen molar-refractivity contribution in [2.24, 2.45) is 5.92 Å². The van der Waals surface area contributed by atoms with Gasteiger partial charge in [-0.2, -0.15) is 0 Å². The van der Waals surface area contributed by atoms with Gasteiger partial charge in [-0.15, -0.1) is 11.3 Å². The highest BCUT2D eigenvalue weighted by atomic mass is 35.5. The summed E-state index contributed by atoms with van der Waals surface area (Å²) in [5.41, 5.74) is 2.65. The van der Waals surface area contributed by atoms with Crippen LogP contribution in [0.25, 0.3) is 10.2 Å². The Morgan fingerprint density at radius 1 is 1.07 bits per heavy atom. The summed E-state index contributed by atoms with van der Waals surface area (Å²) in [5, 5.41) is 2.15. The zero-order valence-corrected chi connectivity index (χ0v) is 18.0. The Hall–Kier alpha value is -1.85. The summed E-state index contributed by atoms with van der Waals surface area (Å²) in [6, 6.07) is 8.13. The van der Waals surface area contributed by atoms with Crippen molar-refractivity contribution in [3.8, 4) is 0 Å². The maximum absolute atomic E-state index is 6.41. The monoisotopic (exact) mass is 412 g/mol. The molecule has 3 aromatic rings. The van der Waals surface area contributed by atoms with E-state index in [4.69, 9.17) is 21.6 Å². The van der Waals surface area contributed by atoms with Gasteiger partial charge in [0, 0.05) is 31.1 Å². The van der Waals surface area contributed by atoms with Gasteiger partial charge >= 0.3 is 0 Å². The number of para-hydroxylation sites is 1. The number of thiophene rings is 1. The van der Waals surface area contributed by atoms with E-state index < -0.39 is 0 Å². The molecule has 0 saturated carbocycles. The molecule has 6 heteroatoms. The molecule has 0 N–H and O–H groups in total. The minimum absolute atomic E-state index is 0.775. The highest BCUT2D eigenvalue weighted by Gasteiger charge is 2.27. The molecule has 1 fully saturated rings. The van der Waals surface area contributed by atoms with E-state index in [1.165, 1.54) is 33.5 Å². The Balaban J connectivity index is 1.46. The minimum atomic E-state index is 0.775. The molecule has 28 heavy (non-hydrogen) atoms. The maximum atomic E-state index is 6.41. The van der Waals surface area contributed by atoms with Crippen LogP contribution in [0.1, 0.15) is 29.6 Å². The highest BCUT2D eigenvalue weighted by Crippen LogP contribution is 2.41. The van der Waals surface area contributed by atoms with Gasteiger partial charge in [-0.3, -0.25) is 0 Å². The molecule has 0 amide bonds. The number of rotatable bonds is 2. The molecule has 3 heterocycles. The first-order valence-electron chi connectivity index (χ1n) is 10.1. The van der Waals surface area contributed by atoms with Gasteiger partial charge in [-0.1, -0.05) is 30.7 Å². The Labute approximate surface area is 175 Å². The summed E-state index contributed by atoms with van der Waals surface area (Å²) in [6.45, 7) is 8.20. The fraction of sp³-hybridized carbons (Fsp3) is 0.455. The number of hydrogen-bond donors (Lipinski definition) is 0. The van der Waals surface area contributed by atoms with E-state index in [2.05, 4.69) is 28.9 Å². The predicted molar refractivity (Wildman–Crippen MR) is 119 cm³/mol. The zero-order valence-electron chi connectivity index (χ0n) is 16.4. The van der Waals surface area contributed by atoms with E-state index in [9.17, 15) is 0 Å². The number of aryl methyl sites for hydroxylation is 2. The SMILES string of the molecule is Cc1nc(N2CCN(c3ccccc3Cl)CC2)c2c3c(sc2n1)CC(C)CC3. The normalized spacial score (nSPS) is 19.9. The number of benzene rings is 1. The van der Waals surface area contributed by atoms with E-state index in [1.807, 2.05) is 30.4 Å². The fourth-order valence-corrected chi connectivity index (χ4v) is 6.20. The van der Waals surface area contributed by atoms with Crippen LogP contribution < -0.4 is 9.80 Å². The molecular formula is C22H25ClN4S. The lowest BCUT2D eigenvalue weighted by Crippen LogP contribution is -2.47. The number of aromatic nitrogens is 2. The summed E-state index contributed by atoms with van der Waals surface area (Å²) in [7, 11) is 0. The summed E-state index contributed by atoms with van der Waals surface area (Å²) >= 11 is 8.30. The Kier molecular flexibility index (Phi) is 4.68. The molecule has 2 aromatic heterocycles. The van der Waals surface area contributed by atoms with Gasteiger partial charge in [0.2, 0.25) is 0 Å². The summed E-state index contributed by atoms with van der Waals surface area (Å²) in [5.74, 6) is 2.80. The van der Waals surface area contributed by atoms with Crippen molar-refractivity contribution in [2.45, 2.75) is 33.1 Å². The largest absolute Gasteiger partial charge is 0.367 e. The molecule has 1 unspecified atom stereocenters. The zero-order chi connectivity index (χ0) is 19.3. The fourth-order valence-electron chi connectivity index (χ4n) is 4.52. The maximum Gasteiger partial charge on any atom is 0.141 e.